The second-order valence-corrected chi connectivity index (χ2v) is 5.55. The Balaban J connectivity index is 0.000000550. The molecule has 7 nitrogen and oxygen atoms in total. The van der Waals surface area contributed by atoms with E-state index >= 15 is 0 Å². The molecule has 0 radical (unpaired) electrons. The number of aromatic nitrogens is 2. The van der Waals surface area contributed by atoms with E-state index in [1.54, 1.807) is 29.9 Å². The zero-order chi connectivity index (χ0) is 14.3. The molecule has 0 aliphatic heterocycles. The summed E-state index contributed by atoms with van der Waals surface area (Å²) in [6, 6.07) is 4.83. The number of hydrogen-bond donors (Lipinski definition) is 2. The molecular weight excluding hydrogens is 290 g/mol. The van der Waals surface area contributed by atoms with Crippen LogP contribution in [0.2, 0.25) is 0 Å². The Kier molecular flexibility index (Phi) is 5.39. The van der Waals surface area contributed by atoms with Crippen LogP contribution in [0.1, 0.15) is 5.69 Å². The Morgan fingerprint density at radius 3 is 2.63 bits per heavy atom. The van der Waals surface area contributed by atoms with Gasteiger partial charge in [-0.2, -0.15) is 8.42 Å². The van der Waals surface area contributed by atoms with Gasteiger partial charge >= 0.3 is 0 Å². The molecule has 0 unspecified atom stereocenters. The van der Waals surface area contributed by atoms with Gasteiger partial charge in [0, 0.05) is 11.1 Å². The molecule has 9 heteroatoms. The lowest BCUT2D eigenvalue weighted by atomic mass is 10.4. The van der Waals surface area contributed by atoms with Gasteiger partial charge in [0.05, 0.1) is 5.51 Å². The molecule has 0 aromatic carbocycles. The van der Waals surface area contributed by atoms with Crippen LogP contribution < -0.4 is 4.72 Å². The van der Waals surface area contributed by atoms with Crippen molar-refractivity contribution >= 4 is 33.7 Å². The number of aryl methyl sites for hydroxylation is 1. The number of nitrogens with zero attached hydrogens (tertiary/aromatic N) is 2. The fraction of sp³-hybridized carbons (Fsp3) is 0.100. The molecule has 0 bridgehead atoms. The van der Waals surface area contributed by atoms with E-state index in [-0.39, 0.29) is 11.5 Å². The topological polar surface area (TPSA) is 109 Å². The fourth-order valence-electron chi connectivity index (χ4n) is 1.12. The normalized spacial score (nSPS) is 10.2. The third kappa shape index (κ3) is 4.64. The minimum Gasteiger partial charge on any atom is -0.483 e. The average molecular weight is 301 g/mol. The van der Waals surface area contributed by atoms with E-state index in [0.29, 0.717) is 11.5 Å². The summed E-state index contributed by atoms with van der Waals surface area (Å²) in [6.45, 7) is 1.49. The highest BCUT2D eigenvalue weighted by Crippen LogP contribution is 2.14. The van der Waals surface area contributed by atoms with Gasteiger partial charge in [0.2, 0.25) is 0 Å². The summed E-state index contributed by atoms with van der Waals surface area (Å²) in [4.78, 5) is 16.2. The molecule has 2 N–H and O–H groups in total. The Labute approximate surface area is 114 Å². The van der Waals surface area contributed by atoms with Gasteiger partial charge in [0.15, 0.2) is 10.8 Å². The molecule has 0 aliphatic carbocycles. The minimum absolute atomic E-state index is 0.000463. The van der Waals surface area contributed by atoms with E-state index in [9.17, 15) is 8.42 Å². The summed E-state index contributed by atoms with van der Waals surface area (Å²) in [6.07, 6.45) is 0. The summed E-state index contributed by atoms with van der Waals surface area (Å²) in [7, 11) is -3.62. The first-order valence-electron chi connectivity index (χ1n) is 4.92. The van der Waals surface area contributed by atoms with Crippen LogP contribution in [0.5, 0.6) is 0 Å². The molecule has 2 aromatic rings. The quantitative estimate of drug-likeness (QED) is 0.828. The highest BCUT2D eigenvalue weighted by atomic mass is 32.2. The lowest BCUT2D eigenvalue weighted by Gasteiger charge is -2.04. The lowest BCUT2D eigenvalue weighted by molar-refractivity contribution is -0.122. The Morgan fingerprint density at radius 1 is 1.42 bits per heavy atom. The zero-order valence-electron chi connectivity index (χ0n) is 9.85. The maximum atomic E-state index is 11.8. The van der Waals surface area contributed by atoms with E-state index in [2.05, 4.69) is 14.7 Å². The SMILES string of the molecule is Cc1cccc(S(=O)(=O)Nc2cscn2)n1.O=CO. The van der Waals surface area contributed by atoms with Crippen molar-refractivity contribution in [3.8, 4) is 0 Å². The van der Waals surface area contributed by atoms with Crippen LogP contribution in [0.4, 0.5) is 5.82 Å². The van der Waals surface area contributed by atoms with Crippen molar-refractivity contribution in [1.82, 2.24) is 9.97 Å². The molecule has 0 spiro atoms. The van der Waals surface area contributed by atoms with Crippen LogP contribution in [0.25, 0.3) is 0 Å². The molecule has 0 aliphatic rings. The molecule has 102 valence electrons. The van der Waals surface area contributed by atoms with Gasteiger partial charge < -0.3 is 5.11 Å². The number of pyridine rings is 1. The highest BCUT2D eigenvalue weighted by molar-refractivity contribution is 7.92. The number of rotatable bonds is 3. The summed E-state index contributed by atoms with van der Waals surface area (Å²) >= 11 is 1.32. The first-order chi connectivity index (χ1) is 8.99. The van der Waals surface area contributed by atoms with E-state index < -0.39 is 10.0 Å². The predicted molar refractivity (Wildman–Crippen MR) is 70.6 cm³/mol. The van der Waals surface area contributed by atoms with Crippen molar-refractivity contribution < 1.29 is 18.3 Å². The molecule has 2 heterocycles. The van der Waals surface area contributed by atoms with Crippen LogP contribution in [0.3, 0.4) is 0 Å². The van der Waals surface area contributed by atoms with Gasteiger partial charge in [-0.3, -0.25) is 9.52 Å². The van der Waals surface area contributed by atoms with E-state index in [1.807, 2.05) is 0 Å². The number of thiazole rings is 1. The molecular formula is C10H11N3O4S2. The molecule has 2 aromatic heterocycles. The summed E-state index contributed by atoms with van der Waals surface area (Å²) < 4.78 is 26.0. The molecule has 2 rings (SSSR count). The molecule has 0 atom stereocenters. The standard InChI is InChI=1S/C9H9N3O2S2.CH2O2/c1-7-3-2-4-9(11-7)16(13,14)12-8-5-15-6-10-8;2-1-3/h2-6,12H,1H3;1H,(H,2,3). The molecule has 0 amide bonds. The predicted octanol–water partition coefficient (Wildman–Crippen LogP) is 1.35. The van der Waals surface area contributed by atoms with Gasteiger partial charge in [-0.15, -0.1) is 11.3 Å². The van der Waals surface area contributed by atoms with Crippen molar-refractivity contribution in [1.29, 1.82) is 0 Å². The smallest absolute Gasteiger partial charge is 0.290 e. The highest BCUT2D eigenvalue weighted by Gasteiger charge is 2.16. The number of carboxylic acid groups (broad SMARTS) is 1. The van der Waals surface area contributed by atoms with Crippen molar-refractivity contribution in [2.75, 3.05) is 4.72 Å². The first kappa shape index (κ1) is 15.1. The van der Waals surface area contributed by atoms with Crippen LogP contribution in [0, 0.1) is 6.92 Å². The monoisotopic (exact) mass is 301 g/mol. The van der Waals surface area contributed by atoms with Crippen molar-refractivity contribution in [3.05, 3.63) is 34.8 Å². The summed E-state index contributed by atoms with van der Waals surface area (Å²) in [5.41, 5.74) is 2.21. The van der Waals surface area contributed by atoms with Crippen LogP contribution in [-0.4, -0.2) is 30.0 Å². The number of anilines is 1. The average Bonchev–Trinajstić information content (AvgIpc) is 2.82. The Bertz CT molecular complexity index is 626. The van der Waals surface area contributed by atoms with Gasteiger partial charge in [-0.05, 0) is 19.1 Å². The second-order valence-electron chi connectivity index (χ2n) is 3.20. The maximum absolute atomic E-state index is 11.8. The third-order valence-electron chi connectivity index (χ3n) is 1.81. The first-order valence-corrected chi connectivity index (χ1v) is 7.34. The Hall–Kier alpha value is -2.00. The van der Waals surface area contributed by atoms with Gasteiger partial charge in [0.25, 0.3) is 16.5 Å². The third-order valence-corrected chi connectivity index (χ3v) is 3.65. The number of carbonyl (C=O) groups is 1. The van der Waals surface area contributed by atoms with Crippen LogP contribution >= 0.6 is 11.3 Å². The molecule has 0 fully saturated rings. The van der Waals surface area contributed by atoms with Crippen LogP contribution in [-0.2, 0) is 14.8 Å². The van der Waals surface area contributed by atoms with Crippen LogP contribution in [0.15, 0.2) is 34.1 Å². The zero-order valence-corrected chi connectivity index (χ0v) is 11.5. The van der Waals surface area contributed by atoms with Crippen molar-refractivity contribution in [2.24, 2.45) is 0 Å². The summed E-state index contributed by atoms with van der Waals surface area (Å²) in [5, 5.41) is 8.51. The van der Waals surface area contributed by atoms with Gasteiger partial charge in [-0.25, -0.2) is 9.97 Å². The lowest BCUT2D eigenvalue weighted by Crippen LogP contribution is -2.14. The molecule has 0 saturated heterocycles. The largest absolute Gasteiger partial charge is 0.483 e. The fourth-order valence-corrected chi connectivity index (χ4v) is 2.69. The van der Waals surface area contributed by atoms with Crippen molar-refractivity contribution in [2.45, 2.75) is 11.9 Å². The number of hydrogen-bond acceptors (Lipinski definition) is 6. The van der Waals surface area contributed by atoms with E-state index in [4.69, 9.17) is 9.90 Å². The van der Waals surface area contributed by atoms with Crippen molar-refractivity contribution in [3.63, 3.8) is 0 Å². The van der Waals surface area contributed by atoms with E-state index in [1.165, 1.54) is 17.4 Å². The molecule has 0 saturated carbocycles. The molecule has 19 heavy (non-hydrogen) atoms. The maximum Gasteiger partial charge on any atom is 0.290 e. The van der Waals surface area contributed by atoms with E-state index in [0.717, 1.165) is 0 Å². The summed E-state index contributed by atoms with van der Waals surface area (Å²) in [5.74, 6) is 0.313. The second kappa shape index (κ2) is 6.81. The van der Waals surface area contributed by atoms with Gasteiger partial charge in [0.1, 0.15) is 0 Å². The minimum atomic E-state index is -3.62. The number of sulfonamides is 1. The number of nitrogens with one attached hydrogen (secondary N) is 1. The Morgan fingerprint density at radius 2 is 2.11 bits per heavy atom. The van der Waals surface area contributed by atoms with Gasteiger partial charge in [-0.1, -0.05) is 6.07 Å².